The standard InChI is InChI=1S/C8H16N2O/c1-3-6-4-7(8(9)11)10(2)5-6/h6-7H,3-5H2,1-2H3,(H2,9,11)/t6?,7-/m0/s1. The van der Waals surface area contributed by atoms with Gasteiger partial charge in [-0.3, -0.25) is 9.69 Å². The lowest BCUT2D eigenvalue weighted by molar-refractivity contribution is -0.121. The summed E-state index contributed by atoms with van der Waals surface area (Å²) < 4.78 is 0. The Morgan fingerprint density at radius 3 is 2.64 bits per heavy atom. The number of amides is 1. The number of primary amides is 1. The van der Waals surface area contributed by atoms with Crippen molar-refractivity contribution in [2.24, 2.45) is 11.7 Å². The van der Waals surface area contributed by atoms with Crippen LogP contribution in [-0.2, 0) is 4.79 Å². The fraction of sp³-hybridized carbons (Fsp3) is 0.875. The first-order valence-corrected chi connectivity index (χ1v) is 4.14. The maximum atomic E-state index is 10.9. The van der Waals surface area contributed by atoms with E-state index in [1.54, 1.807) is 0 Å². The number of carbonyl (C=O) groups excluding carboxylic acids is 1. The monoisotopic (exact) mass is 156 g/mol. The topological polar surface area (TPSA) is 46.3 Å². The zero-order valence-electron chi connectivity index (χ0n) is 7.21. The number of nitrogens with zero attached hydrogens (tertiary/aromatic N) is 1. The van der Waals surface area contributed by atoms with Crippen molar-refractivity contribution in [2.45, 2.75) is 25.8 Å². The molecule has 1 aliphatic rings. The maximum Gasteiger partial charge on any atom is 0.234 e. The molecule has 3 nitrogen and oxygen atoms in total. The van der Waals surface area contributed by atoms with Crippen LogP contribution < -0.4 is 5.73 Å². The third-order valence-electron chi connectivity index (χ3n) is 2.54. The third-order valence-corrected chi connectivity index (χ3v) is 2.54. The summed E-state index contributed by atoms with van der Waals surface area (Å²) in [4.78, 5) is 12.9. The minimum absolute atomic E-state index is 0.0139. The van der Waals surface area contributed by atoms with Crippen LogP contribution in [0.3, 0.4) is 0 Å². The molecule has 1 rings (SSSR count). The number of likely N-dealkylation sites (tertiary alicyclic amines) is 1. The van der Waals surface area contributed by atoms with E-state index < -0.39 is 0 Å². The number of nitrogens with two attached hydrogens (primary N) is 1. The Kier molecular flexibility index (Phi) is 2.49. The van der Waals surface area contributed by atoms with Crippen molar-refractivity contribution in [1.29, 1.82) is 0 Å². The van der Waals surface area contributed by atoms with Gasteiger partial charge in [-0.2, -0.15) is 0 Å². The van der Waals surface area contributed by atoms with E-state index >= 15 is 0 Å². The molecule has 2 N–H and O–H groups in total. The molecular formula is C8H16N2O. The molecule has 1 unspecified atom stereocenters. The van der Waals surface area contributed by atoms with Crippen LogP contribution >= 0.6 is 0 Å². The molecule has 0 radical (unpaired) electrons. The van der Waals surface area contributed by atoms with Gasteiger partial charge in [-0.25, -0.2) is 0 Å². The van der Waals surface area contributed by atoms with E-state index in [1.165, 1.54) is 0 Å². The second kappa shape index (κ2) is 3.22. The van der Waals surface area contributed by atoms with Gasteiger partial charge < -0.3 is 5.73 Å². The lowest BCUT2D eigenvalue weighted by Crippen LogP contribution is -2.37. The minimum atomic E-state index is -0.177. The first-order chi connectivity index (χ1) is 5.15. The van der Waals surface area contributed by atoms with Crippen molar-refractivity contribution < 1.29 is 4.79 Å². The molecule has 1 amide bonds. The maximum absolute atomic E-state index is 10.9. The molecule has 0 spiro atoms. The predicted octanol–water partition coefficient (Wildman–Crippen LogP) is 0.202. The zero-order valence-corrected chi connectivity index (χ0v) is 7.21. The van der Waals surface area contributed by atoms with E-state index in [0.717, 1.165) is 19.4 Å². The summed E-state index contributed by atoms with van der Waals surface area (Å²) in [6, 6.07) is -0.0139. The molecule has 64 valence electrons. The molecule has 2 atom stereocenters. The highest BCUT2D eigenvalue weighted by Crippen LogP contribution is 2.23. The number of carbonyl (C=O) groups is 1. The van der Waals surface area contributed by atoms with Crippen molar-refractivity contribution in [1.82, 2.24) is 4.90 Å². The van der Waals surface area contributed by atoms with Crippen LogP contribution in [0.5, 0.6) is 0 Å². The smallest absolute Gasteiger partial charge is 0.234 e. The summed E-state index contributed by atoms with van der Waals surface area (Å²) in [5, 5.41) is 0. The van der Waals surface area contributed by atoms with Crippen LogP contribution in [0.1, 0.15) is 19.8 Å². The Bertz CT molecular complexity index is 158. The summed E-state index contributed by atoms with van der Waals surface area (Å²) in [7, 11) is 1.96. The molecule has 1 aliphatic heterocycles. The average molecular weight is 156 g/mol. The van der Waals surface area contributed by atoms with Gasteiger partial charge in [0.25, 0.3) is 0 Å². The highest BCUT2D eigenvalue weighted by molar-refractivity contribution is 5.80. The van der Waals surface area contributed by atoms with Gasteiger partial charge in [-0.05, 0) is 19.4 Å². The van der Waals surface area contributed by atoms with E-state index in [9.17, 15) is 4.79 Å². The number of likely N-dealkylation sites (N-methyl/N-ethyl adjacent to an activating group) is 1. The van der Waals surface area contributed by atoms with Crippen LogP contribution in [0.25, 0.3) is 0 Å². The summed E-state index contributed by atoms with van der Waals surface area (Å²) in [6.45, 7) is 3.17. The largest absolute Gasteiger partial charge is 0.368 e. The zero-order chi connectivity index (χ0) is 8.43. The first-order valence-electron chi connectivity index (χ1n) is 4.14. The van der Waals surface area contributed by atoms with Crippen molar-refractivity contribution in [2.75, 3.05) is 13.6 Å². The van der Waals surface area contributed by atoms with E-state index in [0.29, 0.717) is 5.92 Å². The van der Waals surface area contributed by atoms with Crippen LogP contribution in [0.2, 0.25) is 0 Å². The van der Waals surface area contributed by atoms with E-state index in [1.807, 2.05) is 7.05 Å². The Hall–Kier alpha value is -0.570. The molecule has 0 aromatic heterocycles. The third kappa shape index (κ3) is 1.71. The van der Waals surface area contributed by atoms with Crippen LogP contribution in [-0.4, -0.2) is 30.4 Å². The number of rotatable bonds is 2. The number of hydrogen-bond donors (Lipinski definition) is 1. The van der Waals surface area contributed by atoms with Crippen LogP contribution in [0.15, 0.2) is 0 Å². The Morgan fingerprint density at radius 1 is 1.73 bits per heavy atom. The molecular weight excluding hydrogens is 140 g/mol. The Labute approximate surface area is 67.5 Å². The van der Waals surface area contributed by atoms with Crippen LogP contribution in [0.4, 0.5) is 0 Å². The van der Waals surface area contributed by atoms with Crippen LogP contribution in [0, 0.1) is 5.92 Å². The van der Waals surface area contributed by atoms with Crippen molar-refractivity contribution in [3.05, 3.63) is 0 Å². The lowest BCUT2D eigenvalue weighted by Gasteiger charge is -2.14. The van der Waals surface area contributed by atoms with Gasteiger partial charge >= 0.3 is 0 Å². The molecule has 1 heterocycles. The average Bonchev–Trinajstić information content (AvgIpc) is 2.30. The quantitative estimate of drug-likeness (QED) is 0.621. The summed E-state index contributed by atoms with van der Waals surface area (Å²) in [6.07, 6.45) is 2.09. The molecule has 11 heavy (non-hydrogen) atoms. The normalized spacial score (nSPS) is 32.5. The Morgan fingerprint density at radius 2 is 2.36 bits per heavy atom. The molecule has 1 fully saturated rings. The van der Waals surface area contributed by atoms with Crippen molar-refractivity contribution in [3.63, 3.8) is 0 Å². The second-order valence-electron chi connectivity index (χ2n) is 3.37. The summed E-state index contributed by atoms with van der Waals surface area (Å²) >= 11 is 0. The fourth-order valence-electron chi connectivity index (χ4n) is 1.73. The van der Waals surface area contributed by atoms with Gasteiger partial charge in [0, 0.05) is 6.54 Å². The number of hydrogen-bond acceptors (Lipinski definition) is 2. The molecule has 0 bridgehead atoms. The molecule has 3 heteroatoms. The minimum Gasteiger partial charge on any atom is -0.368 e. The van der Waals surface area contributed by atoms with Gasteiger partial charge in [-0.15, -0.1) is 0 Å². The van der Waals surface area contributed by atoms with E-state index in [2.05, 4.69) is 11.8 Å². The summed E-state index contributed by atoms with van der Waals surface area (Å²) in [5.74, 6) is 0.487. The fourth-order valence-corrected chi connectivity index (χ4v) is 1.73. The van der Waals surface area contributed by atoms with Gasteiger partial charge in [0.05, 0.1) is 6.04 Å². The van der Waals surface area contributed by atoms with Crippen molar-refractivity contribution >= 4 is 5.91 Å². The van der Waals surface area contributed by atoms with Crippen molar-refractivity contribution in [3.8, 4) is 0 Å². The highest BCUT2D eigenvalue weighted by atomic mass is 16.1. The van der Waals surface area contributed by atoms with E-state index in [4.69, 9.17) is 5.73 Å². The van der Waals surface area contributed by atoms with Gasteiger partial charge in [-0.1, -0.05) is 13.3 Å². The molecule has 1 saturated heterocycles. The SMILES string of the molecule is CCC1C[C@@H](C(N)=O)N(C)C1. The molecule has 0 aromatic carbocycles. The van der Waals surface area contributed by atoms with E-state index in [-0.39, 0.29) is 11.9 Å². The predicted molar refractivity (Wildman–Crippen MR) is 44.0 cm³/mol. The van der Waals surface area contributed by atoms with Gasteiger partial charge in [0.2, 0.25) is 5.91 Å². The second-order valence-corrected chi connectivity index (χ2v) is 3.37. The molecule has 0 aliphatic carbocycles. The first kappa shape index (κ1) is 8.53. The molecule has 0 aromatic rings. The lowest BCUT2D eigenvalue weighted by atomic mass is 10.0. The van der Waals surface area contributed by atoms with Gasteiger partial charge in [0.15, 0.2) is 0 Å². The highest BCUT2D eigenvalue weighted by Gasteiger charge is 2.31. The van der Waals surface area contributed by atoms with Gasteiger partial charge in [0.1, 0.15) is 0 Å². The Balaban J connectivity index is 2.51. The molecule has 0 saturated carbocycles. The summed E-state index contributed by atoms with van der Waals surface area (Å²) in [5.41, 5.74) is 5.22.